The smallest absolute Gasteiger partial charge is 0.239 e. The van der Waals surface area contributed by atoms with Crippen LogP contribution in [0.5, 0.6) is 0 Å². The number of carbonyl (C=O) groups is 1. The number of fused-ring (bicyclic) bond motifs is 1. The summed E-state index contributed by atoms with van der Waals surface area (Å²) in [6.07, 6.45) is 7.29. The van der Waals surface area contributed by atoms with Crippen LogP contribution in [0.15, 0.2) is 12.4 Å². The van der Waals surface area contributed by atoms with Gasteiger partial charge in [-0.3, -0.25) is 4.79 Å². The monoisotopic (exact) mass is 529 g/mol. The lowest BCUT2D eigenvalue weighted by Gasteiger charge is -2.38. The number of rotatable bonds is 5. The number of nitrogens with two attached hydrogens (primary N) is 2. The number of aromatic nitrogens is 4. The Bertz CT molecular complexity index is 1160. The van der Waals surface area contributed by atoms with Crippen molar-refractivity contribution in [2.24, 2.45) is 11.7 Å². The number of ether oxygens (including phenoxy) is 1. The van der Waals surface area contributed by atoms with Crippen molar-refractivity contribution < 1.29 is 9.53 Å². The summed E-state index contributed by atoms with van der Waals surface area (Å²) >= 11 is 0. The van der Waals surface area contributed by atoms with Gasteiger partial charge in [0.2, 0.25) is 17.8 Å². The second-order valence-corrected chi connectivity index (χ2v) is 10.9. The normalized spacial score (nSPS) is 26.1. The van der Waals surface area contributed by atoms with Crippen molar-refractivity contribution in [3.63, 3.8) is 0 Å². The molecule has 5 heterocycles. The van der Waals surface area contributed by atoms with Gasteiger partial charge in [0, 0.05) is 49.7 Å². The number of halogens is 1. The highest BCUT2D eigenvalue weighted by atomic mass is 35.5. The number of nitrogens with zero attached hydrogens (tertiary/aromatic N) is 7. The first kappa shape index (κ1) is 25.9. The molecular formula is C25H36ClN9O2. The van der Waals surface area contributed by atoms with Crippen LogP contribution < -0.4 is 21.3 Å². The van der Waals surface area contributed by atoms with Gasteiger partial charge in [0.15, 0.2) is 0 Å². The summed E-state index contributed by atoms with van der Waals surface area (Å²) in [5.41, 5.74) is 14.6. The molecule has 37 heavy (non-hydrogen) atoms. The summed E-state index contributed by atoms with van der Waals surface area (Å²) in [6, 6.07) is -0.201. The molecule has 1 aliphatic carbocycles. The van der Waals surface area contributed by atoms with Crippen LogP contribution in [0.3, 0.4) is 0 Å². The van der Waals surface area contributed by atoms with Gasteiger partial charge < -0.3 is 30.9 Å². The zero-order valence-electron chi connectivity index (χ0n) is 21.5. The number of anilines is 3. The van der Waals surface area contributed by atoms with E-state index in [-0.39, 0.29) is 41.9 Å². The lowest BCUT2D eigenvalue weighted by atomic mass is 9.99. The van der Waals surface area contributed by atoms with E-state index in [2.05, 4.69) is 33.6 Å². The fourth-order valence-electron chi connectivity index (χ4n) is 5.84. The molecule has 1 saturated carbocycles. The second-order valence-electron chi connectivity index (χ2n) is 10.9. The molecule has 0 radical (unpaired) electrons. The SMILES string of the molecule is C[C@H]1COCCN1c1nc(-c2cnc(N)nc2)c2c(n1)N([C@@]1(C)CCN(C(=O)[C@@H](N)C3CC3)C1)CC2.Cl. The first-order valence-electron chi connectivity index (χ1n) is 13.0. The minimum absolute atomic E-state index is 0. The quantitative estimate of drug-likeness (QED) is 0.581. The highest BCUT2D eigenvalue weighted by Crippen LogP contribution is 2.42. The van der Waals surface area contributed by atoms with Gasteiger partial charge in [0.25, 0.3) is 0 Å². The van der Waals surface area contributed by atoms with Crippen molar-refractivity contribution in [2.75, 3.05) is 54.9 Å². The van der Waals surface area contributed by atoms with E-state index in [1.54, 1.807) is 12.4 Å². The lowest BCUT2D eigenvalue weighted by molar-refractivity contribution is -0.132. The Morgan fingerprint density at radius 1 is 1.19 bits per heavy atom. The largest absolute Gasteiger partial charge is 0.377 e. The zero-order valence-corrected chi connectivity index (χ0v) is 22.3. The summed E-state index contributed by atoms with van der Waals surface area (Å²) in [5.74, 6) is 2.31. The van der Waals surface area contributed by atoms with Crippen LogP contribution in [-0.2, 0) is 16.0 Å². The van der Waals surface area contributed by atoms with E-state index in [1.165, 1.54) is 0 Å². The standard InChI is InChI=1S/C25H35N9O2.ClH/c1-15-13-36-10-9-33(15)24-30-20(17-11-28-23(27)29-12-17)18-5-7-34(21(18)31-24)25(2)6-8-32(14-25)22(35)19(26)16-3-4-16;/h11-12,15-16,19H,3-10,13-14,26H2,1-2H3,(H2,27,28,29);1H/t15-,19-,25-;/m0./s1. The van der Waals surface area contributed by atoms with E-state index < -0.39 is 0 Å². The molecule has 2 aromatic rings. The molecular weight excluding hydrogens is 494 g/mol. The van der Waals surface area contributed by atoms with Crippen LogP contribution in [0, 0.1) is 5.92 Å². The maximum atomic E-state index is 13.1. The van der Waals surface area contributed by atoms with Gasteiger partial charge in [-0.2, -0.15) is 4.98 Å². The Morgan fingerprint density at radius 2 is 1.95 bits per heavy atom. The van der Waals surface area contributed by atoms with E-state index >= 15 is 0 Å². The van der Waals surface area contributed by atoms with Crippen LogP contribution in [0.2, 0.25) is 0 Å². The molecule has 0 unspecified atom stereocenters. The van der Waals surface area contributed by atoms with E-state index in [0.29, 0.717) is 31.6 Å². The molecule has 3 fully saturated rings. The number of amides is 1. The van der Waals surface area contributed by atoms with Crippen molar-refractivity contribution in [1.82, 2.24) is 24.8 Å². The fraction of sp³-hybridized carbons (Fsp3) is 0.640. The van der Waals surface area contributed by atoms with Crippen LogP contribution in [0.1, 0.15) is 38.7 Å². The Morgan fingerprint density at radius 3 is 2.65 bits per heavy atom. The Labute approximate surface area is 223 Å². The van der Waals surface area contributed by atoms with Gasteiger partial charge in [-0.25, -0.2) is 15.0 Å². The third-order valence-corrected chi connectivity index (χ3v) is 8.21. The average molecular weight is 530 g/mol. The second kappa shape index (κ2) is 9.85. The van der Waals surface area contributed by atoms with Gasteiger partial charge in [-0.15, -0.1) is 12.4 Å². The topological polar surface area (TPSA) is 140 Å². The van der Waals surface area contributed by atoms with Crippen molar-refractivity contribution in [3.8, 4) is 11.3 Å². The third-order valence-electron chi connectivity index (χ3n) is 8.21. The highest BCUT2D eigenvalue weighted by molar-refractivity contribution is 5.85. The summed E-state index contributed by atoms with van der Waals surface area (Å²) in [7, 11) is 0. The summed E-state index contributed by atoms with van der Waals surface area (Å²) in [4.78, 5) is 38.2. The molecule has 3 aliphatic heterocycles. The molecule has 4 aliphatic rings. The van der Waals surface area contributed by atoms with Crippen molar-refractivity contribution in [1.29, 1.82) is 0 Å². The molecule has 12 heteroatoms. The summed E-state index contributed by atoms with van der Waals surface area (Å²) in [5, 5.41) is 0. The molecule has 1 amide bonds. The molecule has 0 aromatic carbocycles. The first-order valence-corrected chi connectivity index (χ1v) is 13.0. The number of hydrogen-bond acceptors (Lipinski definition) is 10. The van der Waals surface area contributed by atoms with Gasteiger partial charge in [-0.1, -0.05) is 0 Å². The molecule has 3 atom stereocenters. The van der Waals surface area contributed by atoms with Gasteiger partial charge in [-0.05, 0) is 45.4 Å². The Kier molecular flexibility index (Phi) is 6.88. The molecule has 2 saturated heterocycles. The number of carbonyl (C=O) groups excluding carboxylic acids is 1. The van der Waals surface area contributed by atoms with Gasteiger partial charge in [0.1, 0.15) is 5.82 Å². The first-order chi connectivity index (χ1) is 17.3. The highest BCUT2D eigenvalue weighted by Gasteiger charge is 2.46. The summed E-state index contributed by atoms with van der Waals surface area (Å²) < 4.78 is 5.66. The van der Waals surface area contributed by atoms with Crippen LogP contribution >= 0.6 is 12.4 Å². The molecule has 6 rings (SSSR count). The predicted molar refractivity (Wildman–Crippen MR) is 144 cm³/mol. The lowest BCUT2D eigenvalue weighted by Crippen LogP contribution is -2.51. The maximum Gasteiger partial charge on any atom is 0.239 e. The fourth-order valence-corrected chi connectivity index (χ4v) is 5.84. The zero-order chi connectivity index (χ0) is 25.0. The van der Waals surface area contributed by atoms with Crippen LogP contribution in [-0.4, -0.2) is 87.8 Å². The molecule has 11 nitrogen and oxygen atoms in total. The Hall–Kier alpha value is -2.76. The number of hydrogen-bond donors (Lipinski definition) is 2. The van der Waals surface area contributed by atoms with Crippen molar-refractivity contribution in [2.45, 2.75) is 57.2 Å². The number of morpholine rings is 1. The summed E-state index contributed by atoms with van der Waals surface area (Å²) in [6.45, 7) is 8.58. The average Bonchev–Trinajstić information content (AvgIpc) is 3.52. The molecule has 4 N–H and O–H groups in total. The van der Waals surface area contributed by atoms with Gasteiger partial charge >= 0.3 is 0 Å². The van der Waals surface area contributed by atoms with E-state index in [0.717, 1.165) is 68.0 Å². The van der Waals surface area contributed by atoms with Crippen molar-refractivity contribution >= 4 is 36.0 Å². The molecule has 0 bridgehead atoms. The van der Waals surface area contributed by atoms with Gasteiger partial charge in [0.05, 0.1) is 36.5 Å². The van der Waals surface area contributed by atoms with Crippen LogP contribution in [0.4, 0.5) is 17.7 Å². The molecule has 2 aromatic heterocycles. The Balaban J connectivity index is 0.00000280. The predicted octanol–water partition coefficient (Wildman–Crippen LogP) is 1.25. The maximum absolute atomic E-state index is 13.1. The molecule has 200 valence electrons. The number of nitrogen functional groups attached to an aromatic ring is 1. The van der Waals surface area contributed by atoms with E-state index in [4.69, 9.17) is 26.2 Å². The molecule has 0 spiro atoms. The third kappa shape index (κ3) is 4.68. The minimum atomic E-state index is -0.368. The van der Waals surface area contributed by atoms with Crippen LogP contribution in [0.25, 0.3) is 11.3 Å². The van der Waals surface area contributed by atoms with E-state index in [1.807, 2.05) is 4.90 Å². The minimum Gasteiger partial charge on any atom is -0.377 e. The van der Waals surface area contributed by atoms with Crippen molar-refractivity contribution in [3.05, 3.63) is 18.0 Å². The van der Waals surface area contributed by atoms with E-state index in [9.17, 15) is 4.79 Å². The number of likely N-dealkylation sites (tertiary alicyclic amines) is 1.